The van der Waals surface area contributed by atoms with Crippen LogP contribution in [0.25, 0.3) is 0 Å². The molecule has 22 heavy (non-hydrogen) atoms. The van der Waals surface area contributed by atoms with Crippen molar-refractivity contribution in [3.8, 4) is 0 Å². The Balaban J connectivity index is 3.01. The Hall–Kier alpha value is -1.22. The fourth-order valence-electron chi connectivity index (χ4n) is 1.61. The summed E-state index contributed by atoms with van der Waals surface area (Å²) in [5.41, 5.74) is -5.37. The Morgan fingerprint density at radius 3 is 2.45 bits per heavy atom. The number of thioether (sulfide) groups is 1. The van der Waals surface area contributed by atoms with Crippen LogP contribution in [0.5, 0.6) is 0 Å². The van der Waals surface area contributed by atoms with Gasteiger partial charge in [0.1, 0.15) is 0 Å². The van der Waals surface area contributed by atoms with Crippen LogP contribution < -0.4 is 0 Å². The van der Waals surface area contributed by atoms with E-state index in [-0.39, 0.29) is 17.9 Å². The van der Waals surface area contributed by atoms with Crippen LogP contribution in [-0.2, 0) is 19.4 Å². The molecule has 0 radical (unpaired) electrons. The first-order valence-electron chi connectivity index (χ1n) is 6.32. The number of sulfone groups is 1. The van der Waals surface area contributed by atoms with Crippen molar-refractivity contribution in [2.24, 2.45) is 0 Å². The van der Waals surface area contributed by atoms with Crippen molar-refractivity contribution in [2.45, 2.75) is 40.8 Å². The van der Waals surface area contributed by atoms with E-state index < -0.39 is 31.5 Å². The molecule has 0 saturated carbocycles. The van der Waals surface area contributed by atoms with E-state index in [1.54, 1.807) is 13.8 Å². The minimum Gasteiger partial charge on any atom is -0.466 e. The number of benzene rings is 1. The molecule has 0 aliphatic heterocycles. The molecule has 0 aromatic heterocycles. The van der Waals surface area contributed by atoms with Crippen molar-refractivity contribution in [2.75, 3.05) is 6.61 Å². The normalized spacial score (nSPS) is 13.7. The monoisotopic (exact) mass is 356 g/mol. The van der Waals surface area contributed by atoms with Crippen LogP contribution in [0.15, 0.2) is 34.1 Å². The lowest BCUT2D eigenvalue weighted by molar-refractivity contribution is -0.142. The first kappa shape index (κ1) is 18.8. The summed E-state index contributed by atoms with van der Waals surface area (Å²) in [4.78, 5) is 10.5. The number of esters is 1. The summed E-state index contributed by atoms with van der Waals surface area (Å²) in [5.74, 6) is -0.487. The number of alkyl halides is 3. The number of rotatable bonds is 6. The summed E-state index contributed by atoms with van der Waals surface area (Å²) in [6.07, 6.45) is -0.0289. The standard InChI is InChI=1S/C13H15F3O4S2/c1-3-20-12(17)8-9(2)21-10-6-4-5-7-11(10)22(18,19)13(14,15)16/h4-7,9H,3,8H2,1-2H3. The van der Waals surface area contributed by atoms with E-state index in [0.717, 1.165) is 17.8 Å². The summed E-state index contributed by atoms with van der Waals surface area (Å²) < 4.78 is 65.9. The van der Waals surface area contributed by atoms with Crippen LogP contribution in [0, 0.1) is 0 Å². The van der Waals surface area contributed by atoms with Gasteiger partial charge in [-0.05, 0) is 19.1 Å². The lowest BCUT2D eigenvalue weighted by Crippen LogP contribution is -2.24. The molecule has 1 atom stereocenters. The van der Waals surface area contributed by atoms with Gasteiger partial charge in [-0.3, -0.25) is 4.79 Å². The van der Waals surface area contributed by atoms with Crippen molar-refractivity contribution in [3.05, 3.63) is 24.3 Å². The van der Waals surface area contributed by atoms with E-state index >= 15 is 0 Å². The van der Waals surface area contributed by atoms with Gasteiger partial charge in [0.15, 0.2) is 0 Å². The maximum absolute atomic E-state index is 12.7. The summed E-state index contributed by atoms with van der Waals surface area (Å²) in [5, 5.41) is -0.427. The van der Waals surface area contributed by atoms with Crippen LogP contribution in [0.1, 0.15) is 20.3 Å². The largest absolute Gasteiger partial charge is 0.501 e. The Morgan fingerprint density at radius 1 is 1.32 bits per heavy atom. The molecular weight excluding hydrogens is 341 g/mol. The highest BCUT2D eigenvalue weighted by molar-refractivity contribution is 8.01. The summed E-state index contributed by atoms with van der Waals surface area (Å²) in [6.45, 7) is 3.45. The highest BCUT2D eigenvalue weighted by Crippen LogP contribution is 2.37. The van der Waals surface area contributed by atoms with Gasteiger partial charge in [-0.15, -0.1) is 11.8 Å². The number of ether oxygens (including phenoxy) is 1. The van der Waals surface area contributed by atoms with Gasteiger partial charge in [0.05, 0.1) is 17.9 Å². The molecule has 0 fully saturated rings. The van der Waals surface area contributed by atoms with Gasteiger partial charge in [-0.1, -0.05) is 19.1 Å². The second kappa shape index (κ2) is 7.36. The number of hydrogen-bond donors (Lipinski definition) is 0. The first-order chi connectivity index (χ1) is 10.1. The molecule has 124 valence electrons. The minimum absolute atomic E-state index is 0.0289. The molecule has 0 amide bonds. The summed E-state index contributed by atoms with van der Waals surface area (Å²) in [7, 11) is -5.43. The SMILES string of the molecule is CCOC(=O)CC(C)Sc1ccccc1S(=O)(=O)C(F)(F)F. The predicted molar refractivity (Wildman–Crippen MR) is 76.3 cm³/mol. The van der Waals surface area contributed by atoms with Crippen LogP contribution in [-0.4, -0.2) is 31.8 Å². The van der Waals surface area contributed by atoms with Gasteiger partial charge in [-0.2, -0.15) is 13.2 Å². The van der Waals surface area contributed by atoms with Gasteiger partial charge >= 0.3 is 11.5 Å². The first-order valence-corrected chi connectivity index (χ1v) is 8.68. The minimum atomic E-state index is -5.43. The molecule has 1 aromatic carbocycles. The fraction of sp³-hybridized carbons (Fsp3) is 0.462. The highest BCUT2D eigenvalue weighted by atomic mass is 32.2. The van der Waals surface area contributed by atoms with E-state index in [1.807, 2.05) is 0 Å². The van der Waals surface area contributed by atoms with E-state index in [0.29, 0.717) is 0 Å². The lowest BCUT2D eigenvalue weighted by atomic mass is 10.3. The maximum Gasteiger partial charge on any atom is 0.501 e. The molecule has 0 saturated heterocycles. The molecular formula is C13H15F3O4S2. The van der Waals surface area contributed by atoms with Gasteiger partial charge < -0.3 is 4.74 Å². The predicted octanol–water partition coefficient (Wildman–Crippen LogP) is 3.41. The molecule has 1 rings (SSSR count). The van der Waals surface area contributed by atoms with E-state index in [4.69, 9.17) is 4.74 Å². The molecule has 0 heterocycles. The Morgan fingerprint density at radius 2 is 1.91 bits per heavy atom. The number of halogens is 3. The Kier molecular flexibility index (Phi) is 6.30. The molecule has 0 N–H and O–H groups in total. The third-order valence-electron chi connectivity index (χ3n) is 2.53. The maximum atomic E-state index is 12.7. The fourth-order valence-corrected chi connectivity index (χ4v) is 3.91. The summed E-state index contributed by atoms with van der Waals surface area (Å²) in [6, 6.07) is 4.85. The molecule has 0 bridgehead atoms. The van der Waals surface area contributed by atoms with Crippen molar-refractivity contribution >= 4 is 27.6 Å². The molecule has 1 unspecified atom stereocenters. The average molecular weight is 356 g/mol. The van der Waals surface area contributed by atoms with Crippen molar-refractivity contribution in [1.82, 2.24) is 0 Å². The van der Waals surface area contributed by atoms with Crippen LogP contribution in [0.2, 0.25) is 0 Å². The second-order valence-electron chi connectivity index (χ2n) is 4.33. The zero-order valence-corrected chi connectivity index (χ0v) is 13.5. The van der Waals surface area contributed by atoms with E-state index in [2.05, 4.69) is 0 Å². The Labute approximate surface area is 131 Å². The molecule has 1 aromatic rings. The number of hydrogen-bond acceptors (Lipinski definition) is 5. The van der Waals surface area contributed by atoms with E-state index in [9.17, 15) is 26.4 Å². The zero-order chi connectivity index (χ0) is 17.0. The van der Waals surface area contributed by atoms with Crippen LogP contribution >= 0.6 is 11.8 Å². The smallest absolute Gasteiger partial charge is 0.466 e. The van der Waals surface area contributed by atoms with Crippen molar-refractivity contribution in [3.63, 3.8) is 0 Å². The third-order valence-corrected chi connectivity index (χ3v) is 5.38. The molecule has 0 aliphatic carbocycles. The quantitative estimate of drug-likeness (QED) is 0.577. The van der Waals surface area contributed by atoms with Crippen LogP contribution in [0.4, 0.5) is 13.2 Å². The molecule has 4 nitrogen and oxygen atoms in total. The number of carbonyl (C=O) groups excluding carboxylic acids is 1. The third kappa shape index (κ3) is 4.64. The highest BCUT2D eigenvalue weighted by Gasteiger charge is 2.47. The molecule has 0 spiro atoms. The molecule has 9 heteroatoms. The lowest BCUT2D eigenvalue weighted by Gasteiger charge is -2.15. The van der Waals surface area contributed by atoms with Gasteiger partial charge in [0.2, 0.25) is 0 Å². The summed E-state index contributed by atoms with van der Waals surface area (Å²) >= 11 is 0.887. The van der Waals surface area contributed by atoms with E-state index in [1.165, 1.54) is 18.2 Å². The average Bonchev–Trinajstić information content (AvgIpc) is 2.37. The topological polar surface area (TPSA) is 60.4 Å². The van der Waals surface area contributed by atoms with Gasteiger partial charge in [-0.25, -0.2) is 8.42 Å². The van der Waals surface area contributed by atoms with Crippen LogP contribution in [0.3, 0.4) is 0 Å². The zero-order valence-electron chi connectivity index (χ0n) is 11.9. The number of carbonyl (C=O) groups is 1. The van der Waals surface area contributed by atoms with Gasteiger partial charge in [0.25, 0.3) is 9.84 Å². The van der Waals surface area contributed by atoms with Crippen molar-refractivity contribution in [1.29, 1.82) is 0 Å². The second-order valence-corrected chi connectivity index (χ2v) is 7.72. The van der Waals surface area contributed by atoms with Crippen molar-refractivity contribution < 1.29 is 31.1 Å². The van der Waals surface area contributed by atoms with Gasteiger partial charge in [0, 0.05) is 10.1 Å². The molecule has 0 aliphatic rings. The Bertz CT molecular complexity index is 626.